The standard InChI is InChI=1S/C105H127Cl3N10O31/c1-10-12-14-16-68(109)96(131)113-69(17-15-13-11-2)100(136)140-47-141-102(137)118(9)70(32-48(3)4)97(132)116-84-71(121)36-58(39-78(110)123)94(129)114-82-57-37-75(144-73-30-25-55(86(84)124)34-66(73)107)90(149-101-91(88(126)87(125)77(46-119)146-101)148-80-44-104(8,93(128)50(6)143-80)112-45-51-18-20-52(21-19-51)53-22-27-59(106)28-23-53)76(38-57)145-74-31-26-56(35-67(74)108)89(147-79-43-103(7,111)92(127)49(5)142-79)85-98(133)115-83(99(134)135)63-40-60(120)41-65-81(63)62-33-54(24-29-64(62)105(65,138)139)61(42-72(82)122)95(130)117-85/h18-31,33-35,37-38,40-41,48-50,58,61,68-70,77,79-80,82-89,91-93,101,112,119-120,124-128,138-139H,10-17,32,36,39,42-47,109,111H2,1-9H3,(H2,110,123)(H,113,131)(H,114,129)(H,115,133)(H,116,132)(H,117,130)(H,134,135)/t49-,50-,58-,61+,68+,69-,70+,77+,79-,80-,82+,83-,84-,85-,86+,87+,88-,89+,91+,92-,93-,101-,103-,104-/m0/s1. The number of halogens is 3. The van der Waals surface area contributed by atoms with Gasteiger partial charge in [-0.1, -0.05) is 162 Å². The van der Waals surface area contributed by atoms with E-state index in [0.717, 1.165) is 90.4 Å². The Labute approximate surface area is 873 Å². The summed E-state index contributed by atoms with van der Waals surface area (Å²) >= 11 is 21.1. The maximum atomic E-state index is 17.0. The number of carboxylic acid groups (broad SMARTS) is 1. The number of carbonyl (C=O) groups excluding carboxylic acids is 10. The number of hydrogen-bond donors (Lipinski definition) is 19. The molecule has 24 atom stereocenters. The van der Waals surface area contributed by atoms with Crippen LogP contribution in [0.15, 0.2) is 127 Å². The number of rotatable bonds is 32. The molecular weight excluding hydrogens is 2000 g/mol. The second-order valence-corrected chi connectivity index (χ2v) is 41.2. The summed E-state index contributed by atoms with van der Waals surface area (Å²) in [6.45, 7) is 11.6. The number of carbonyl (C=O) groups is 11. The number of aromatic hydroxyl groups is 1. The molecule has 8 heterocycles. The third-order valence-corrected chi connectivity index (χ3v) is 29.1. The molecule has 0 aromatic heterocycles. The van der Waals surface area contributed by atoms with Crippen LogP contribution in [-0.2, 0) is 93.4 Å². The Morgan fingerprint density at radius 1 is 0.651 bits per heavy atom. The van der Waals surface area contributed by atoms with E-state index in [1.807, 2.05) is 50.2 Å². The number of amides is 7. The molecule has 44 heteroatoms. The molecule has 16 rings (SSSR count). The second-order valence-electron chi connectivity index (χ2n) is 40.0. The minimum atomic E-state index is -3.09. The minimum absolute atomic E-state index is 0.140. The lowest BCUT2D eigenvalue weighted by molar-refractivity contribution is -0.334. The number of nitrogens with two attached hydrogens (primary N) is 3. The first kappa shape index (κ1) is 113. The molecule has 7 aromatic rings. The Morgan fingerprint density at radius 3 is 1.89 bits per heavy atom. The van der Waals surface area contributed by atoms with Gasteiger partial charge in [-0.15, -0.1) is 0 Å². The molecule has 41 nitrogen and oxygen atoms in total. The number of esters is 1. The summed E-state index contributed by atoms with van der Waals surface area (Å²) in [7, 11) is 1.15. The lowest BCUT2D eigenvalue weighted by Crippen LogP contribution is -2.65. The molecule has 22 N–H and O–H groups in total. The number of Topliss-reactive ketones (excluding diaryl/α,β-unsaturated/α-hetero) is 2. The minimum Gasteiger partial charge on any atom is -0.508 e. The van der Waals surface area contributed by atoms with Gasteiger partial charge >= 0.3 is 18.0 Å². The van der Waals surface area contributed by atoms with Crippen molar-refractivity contribution < 1.29 is 151 Å². The van der Waals surface area contributed by atoms with E-state index in [0.29, 0.717) is 30.7 Å². The van der Waals surface area contributed by atoms with Crippen LogP contribution in [0.1, 0.15) is 220 Å². The number of likely N-dealkylation sites (N-methyl/N-ethyl adjacent to an activating group) is 1. The Kier molecular flexibility index (Phi) is 36.3. The molecule has 149 heavy (non-hydrogen) atoms. The summed E-state index contributed by atoms with van der Waals surface area (Å²) in [6, 6.07) is 16.7. The summed E-state index contributed by atoms with van der Waals surface area (Å²) in [6.07, 6.45) is -22.8. The van der Waals surface area contributed by atoms with Gasteiger partial charge in [-0.3, -0.25) is 43.3 Å². The average Bonchev–Trinajstić information content (AvgIpc) is 1.56. The van der Waals surface area contributed by atoms with Crippen LogP contribution in [0.25, 0.3) is 22.3 Å². The zero-order valence-electron chi connectivity index (χ0n) is 83.3. The van der Waals surface area contributed by atoms with E-state index in [4.69, 9.17) is 99.4 Å². The lowest BCUT2D eigenvalue weighted by atomic mass is 9.84. The van der Waals surface area contributed by atoms with Crippen LogP contribution in [0.4, 0.5) is 4.79 Å². The largest absolute Gasteiger partial charge is 0.508 e. The lowest BCUT2D eigenvalue weighted by Gasteiger charge is -2.48. The number of unbranched alkanes of at least 4 members (excludes halogenated alkanes) is 4. The molecule has 0 radical (unpaired) electrons. The predicted octanol–water partition coefficient (Wildman–Crippen LogP) is 7.88. The monoisotopic (exact) mass is 2130 g/mol. The molecule has 11 bridgehead atoms. The number of aliphatic carboxylic acids is 1. The van der Waals surface area contributed by atoms with E-state index in [-0.39, 0.29) is 65.6 Å². The molecular formula is C105H127Cl3N10O31. The van der Waals surface area contributed by atoms with Crippen molar-refractivity contribution in [3.8, 4) is 56.8 Å². The molecule has 0 saturated carbocycles. The Bertz CT molecular complexity index is 6120. The number of fused-ring (bicyclic) bond motifs is 12. The van der Waals surface area contributed by atoms with Crippen LogP contribution in [0.3, 0.4) is 0 Å². The van der Waals surface area contributed by atoms with Crippen molar-refractivity contribution in [2.45, 2.75) is 297 Å². The molecule has 0 unspecified atom stereocenters. The van der Waals surface area contributed by atoms with Crippen molar-refractivity contribution >= 4 is 99.8 Å². The average molecular weight is 2130 g/mol. The number of ketones is 2. The third kappa shape index (κ3) is 25.7. The van der Waals surface area contributed by atoms with Crippen LogP contribution in [0.2, 0.25) is 15.1 Å². The maximum absolute atomic E-state index is 17.0. The number of aliphatic hydroxyl groups is 8. The van der Waals surface area contributed by atoms with Crippen molar-refractivity contribution in [3.63, 3.8) is 0 Å². The first-order valence-electron chi connectivity index (χ1n) is 49.4. The molecule has 3 fully saturated rings. The number of benzene rings is 7. The number of nitrogens with zero attached hydrogens (tertiary/aromatic N) is 1. The number of phenolic OH excluding ortho intramolecular Hbond substituents is 1. The van der Waals surface area contributed by atoms with Crippen LogP contribution >= 0.6 is 34.8 Å². The maximum Gasteiger partial charge on any atom is 0.413 e. The smallest absolute Gasteiger partial charge is 0.413 e. The van der Waals surface area contributed by atoms with Gasteiger partial charge in [-0.2, -0.15) is 0 Å². The van der Waals surface area contributed by atoms with Crippen LogP contribution in [0, 0.1) is 11.8 Å². The van der Waals surface area contributed by atoms with Gasteiger partial charge in [0, 0.05) is 72.9 Å². The van der Waals surface area contributed by atoms with E-state index in [2.05, 4.69) is 31.9 Å². The van der Waals surface area contributed by atoms with Gasteiger partial charge in [0.05, 0.1) is 58.9 Å². The van der Waals surface area contributed by atoms with Crippen molar-refractivity contribution in [2.75, 3.05) is 20.4 Å². The molecule has 804 valence electrons. The van der Waals surface area contributed by atoms with E-state index in [1.54, 1.807) is 39.8 Å². The van der Waals surface area contributed by atoms with Gasteiger partial charge < -0.3 is 148 Å². The quantitative estimate of drug-likeness (QED) is 0.0108. The fourth-order valence-corrected chi connectivity index (χ4v) is 20.4. The number of primary amides is 1. The summed E-state index contributed by atoms with van der Waals surface area (Å²) in [5.74, 6) is -23.5. The Balaban J connectivity index is 0.913. The van der Waals surface area contributed by atoms with Gasteiger partial charge in [-0.25, -0.2) is 14.4 Å². The molecule has 7 amide bonds. The summed E-state index contributed by atoms with van der Waals surface area (Å²) in [5.41, 5.74) is 15.7. The van der Waals surface area contributed by atoms with Crippen LogP contribution in [-0.4, -0.2) is 250 Å². The van der Waals surface area contributed by atoms with E-state index in [9.17, 15) is 75.0 Å². The summed E-state index contributed by atoms with van der Waals surface area (Å²) < 4.78 is 64.3. The van der Waals surface area contributed by atoms with E-state index < -0.39 is 316 Å². The zero-order valence-corrected chi connectivity index (χ0v) is 85.6. The number of phenols is 1. The molecule has 0 spiro atoms. The fourth-order valence-electron chi connectivity index (χ4n) is 19.8. The predicted molar refractivity (Wildman–Crippen MR) is 534 cm³/mol. The number of ether oxygens (including phenoxy) is 10. The highest BCUT2D eigenvalue weighted by molar-refractivity contribution is 6.32. The van der Waals surface area contributed by atoms with Crippen molar-refractivity contribution in [3.05, 3.63) is 187 Å². The molecule has 1 aliphatic carbocycles. The van der Waals surface area contributed by atoms with E-state index in [1.165, 1.54) is 50.2 Å². The first-order valence-corrected chi connectivity index (χ1v) is 50.6. The van der Waals surface area contributed by atoms with Crippen LogP contribution < -0.4 is 63.3 Å². The Hall–Kier alpha value is -11.7. The molecule has 8 aliphatic heterocycles. The van der Waals surface area contributed by atoms with Crippen molar-refractivity contribution in [1.29, 1.82) is 0 Å². The summed E-state index contributed by atoms with van der Waals surface area (Å²) in [5, 5.41) is 135. The highest BCUT2D eigenvalue weighted by atomic mass is 35.5. The highest BCUT2D eigenvalue weighted by Gasteiger charge is 2.55. The normalized spacial score (nSPS) is 27.8. The molecule has 3 saturated heterocycles. The SMILES string of the molecule is CCCCC[C@@H](N)C(=O)N[C@@H](CCCCC)C(=O)OCOC(=O)N(C)[C@H](CC(C)C)C(=O)N[C@H]1C(=O)C[C@@H](CC(N)=O)C(=O)N[C@H]2C(=O)C[C@H]3C(=O)N[C@H](C(=O)N[C@H](C(=O)O)c4cc(O)cc5c4-c4cc3ccc4C5(O)O)[C@H](O[C@H]3C[C@](C)(N)[C@@H](O)[C@H](C)O3)c3ccc(c(Cl)c3)Oc3cc2cc(c3O[C@@H]2O[C@H](CO)[C@@H](O)[C@H](O)[C@H]2O[C@H]2C[C@](C)(NCc3ccc(-c4ccc(Cl)cc4)cc3)[C@@H](O)[C@H](C)O2)Oc2ccc(cc2Cl)[C@H]1O. The number of carboxylic acids is 1. The van der Waals surface area contributed by atoms with Gasteiger partial charge in [0.15, 0.2) is 47.8 Å². The van der Waals surface area contributed by atoms with Gasteiger partial charge in [0.2, 0.25) is 60.1 Å². The van der Waals surface area contributed by atoms with Crippen molar-refractivity contribution in [1.82, 2.24) is 36.8 Å². The van der Waals surface area contributed by atoms with Gasteiger partial charge in [-0.05, 0) is 175 Å². The van der Waals surface area contributed by atoms with Crippen LogP contribution in [0.5, 0.6) is 34.5 Å². The first-order chi connectivity index (χ1) is 70.6. The summed E-state index contributed by atoms with van der Waals surface area (Å²) in [4.78, 5) is 167. The Morgan fingerprint density at radius 2 is 1.27 bits per heavy atom. The van der Waals surface area contributed by atoms with E-state index >= 15 is 28.8 Å². The molecule has 9 aliphatic rings. The van der Waals surface area contributed by atoms with Gasteiger partial charge in [0.25, 0.3) is 0 Å². The topological polar surface area (TPSA) is 636 Å². The van der Waals surface area contributed by atoms with Gasteiger partial charge in [0.1, 0.15) is 78.0 Å². The zero-order chi connectivity index (χ0) is 108. The number of hydrogen-bond acceptors (Lipinski definition) is 33. The number of aliphatic hydroxyl groups excluding tert-OH is 6. The number of nitrogens with one attached hydrogen (secondary N) is 6. The molecule has 7 aromatic carbocycles. The second kappa shape index (κ2) is 47.9. The van der Waals surface area contributed by atoms with Crippen molar-refractivity contribution in [2.24, 2.45) is 29.0 Å². The highest BCUT2D eigenvalue weighted by Crippen LogP contribution is 2.54. The fraction of sp³-hybridized carbons (Fsp3) is 0.495. The third-order valence-electron chi connectivity index (χ3n) is 28.2.